The fourth-order valence-electron chi connectivity index (χ4n) is 4.00. The minimum Gasteiger partial charge on any atom is -0.511 e. The van der Waals surface area contributed by atoms with E-state index in [1.165, 1.54) is 18.6 Å². The van der Waals surface area contributed by atoms with Crippen molar-refractivity contribution >= 4 is 29.0 Å². The number of aliphatic hydroxyl groups is 1. The zero-order valence-corrected chi connectivity index (χ0v) is 18.6. The lowest BCUT2D eigenvalue weighted by molar-refractivity contribution is -0.118. The molecule has 1 saturated heterocycles. The number of hydrogen-bond donors (Lipinski definition) is 1. The van der Waals surface area contributed by atoms with Gasteiger partial charge in [-0.15, -0.1) is 0 Å². The Hall–Kier alpha value is -1.56. The first-order valence-corrected chi connectivity index (χ1v) is 12.1. The minimum atomic E-state index is 0.0382. The van der Waals surface area contributed by atoms with Gasteiger partial charge in [-0.2, -0.15) is 11.8 Å². The molecular formula is C23H35NO4S. The lowest BCUT2D eigenvalue weighted by atomic mass is 9.76. The molecule has 3 aliphatic rings. The molecule has 0 aromatic carbocycles. The van der Waals surface area contributed by atoms with Gasteiger partial charge in [0.1, 0.15) is 18.1 Å². The molecule has 2 aliphatic carbocycles. The number of carbonyl (C=O) groups excluding carboxylic acids is 2. The number of thioether (sulfide) groups is 1. The lowest BCUT2D eigenvalue weighted by Crippen LogP contribution is -2.30. The molecule has 1 aliphatic heterocycles. The fourth-order valence-corrected chi connectivity index (χ4v) is 5.28. The summed E-state index contributed by atoms with van der Waals surface area (Å²) in [5.74, 6) is 3.84. The topological polar surface area (TPSA) is 76.0 Å². The van der Waals surface area contributed by atoms with E-state index in [0.717, 1.165) is 25.0 Å². The minimum absolute atomic E-state index is 0.0382. The predicted molar refractivity (Wildman–Crippen MR) is 119 cm³/mol. The van der Waals surface area contributed by atoms with Crippen LogP contribution in [0.4, 0.5) is 0 Å². The maximum atomic E-state index is 12.6. The number of nitrogens with zero attached hydrogens (tertiary/aromatic N) is 1. The molecule has 1 N–H and O–H groups in total. The Balaban J connectivity index is 0.000000360. The van der Waals surface area contributed by atoms with Crippen LogP contribution in [0.1, 0.15) is 71.6 Å². The Labute approximate surface area is 179 Å². The molecule has 0 saturated carbocycles. The van der Waals surface area contributed by atoms with Gasteiger partial charge in [-0.25, -0.2) is 0 Å². The second-order valence-corrected chi connectivity index (χ2v) is 9.00. The first-order valence-electron chi connectivity index (χ1n) is 11.0. The van der Waals surface area contributed by atoms with E-state index < -0.39 is 0 Å². The van der Waals surface area contributed by atoms with Crippen LogP contribution < -0.4 is 0 Å². The van der Waals surface area contributed by atoms with Crippen LogP contribution in [0.2, 0.25) is 0 Å². The monoisotopic (exact) mass is 421 g/mol. The first-order chi connectivity index (χ1) is 14.1. The molecule has 0 spiro atoms. The first kappa shape index (κ1) is 23.7. The Morgan fingerprint density at radius 2 is 2.07 bits per heavy atom. The molecule has 29 heavy (non-hydrogen) atoms. The Kier molecular flexibility index (Phi) is 10.5. The highest BCUT2D eigenvalue weighted by Crippen LogP contribution is 2.38. The van der Waals surface area contributed by atoms with E-state index in [1.54, 1.807) is 0 Å². The van der Waals surface area contributed by atoms with Gasteiger partial charge in [0.2, 0.25) is 0 Å². The van der Waals surface area contributed by atoms with Crippen LogP contribution in [0.15, 0.2) is 28.6 Å². The van der Waals surface area contributed by atoms with E-state index in [-0.39, 0.29) is 11.5 Å². The van der Waals surface area contributed by atoms with Gasteiger partial charge in [-0.05, 0) is 55.9 Å². The van der Waals surface area contributed by atoms with Crippen LogP contribution in [0.5, 0.6) is 0 Å². The van der Waals surface area contributed by atoms with Crippen LogP contribution in [-0.2, 0) is 14.4 Å². The zero-order chi connectivity index (χ0) is 21.1. The summed E-state index contributed by atoms with van der Waals surface area (Å²) in [6.07, 6.45) is 11.5. The van der Waals surface area contributed by atoms with Crippen molar-refractivity contribution in [1.82, 2.24) is 0 Å². The number of hydrogen-bond acceptors (Lipinski definition) is 6. The molecule has 2 atom stereocenters. The summed E-state index contributed by atoms with van der Waals surface area (Å²) in [6.45, 7) is 4.37. The zero-order valence-electron chi connectivity index (χ0n) is 17.8. The highest BCUT2D eigenvalue weighted by Gasteiger charge is 2.35. The molecule has 1 heterocycles. The lowest BCUT2D eigenvalue weighted by Gasteiger charge is -2.32. The molecule has 0 aromatic rings. The van der Waals surface area contributed by atoms with Crippen LogP contribution in [0, 0.1) is 11.8 Å². The average Bonchev–Trinajstić information content (AvgIpc) is 2.73. The maximum Gasteiger partial charge on any atom is 0.168 e. The van der Waals surface area contributed by atoms with Gasteiger partial charge in [0.05, 0.1) is 11.3 Å². The van der Waals surface area contributed by atoms with Crippen molar-refractivity contribution < 1.29 is 19.5 Å². The van der Waals surface area contributed by atoms with E-state index in [0.29, 0.717) is 61.2 Å². The molecule has 0 bridgehead atoms. The Morgan fingerprint density at radius 3 is 2.59 bits per heavy atom. The highest BCUT2D eigenvalue weighted by atomic mass is 32.2. The summed E-state index contributed by atoms with van der Waals surface area (Å²) < 4.78 is 0. The molecule has 0 aromatic heterocycles. The van der Waals surface area contributed by atoms with Gasteiger partial charge in [0, 0.05) is 25.7 Å². The van der Waals surface area contributed by atoms with Gasteiger partial charge >= 0.3 is 0 Å². The third kappa shape index (κ3) is 7.65. The van der Waals surface area contributed by atoms with Crippen molar-refractivity contribution in [3.63, 3.8) is 0 Å². The number of allylic oxidation sites excluding steroid dienone is 4. The van der Waals surface area contributed by atoms with Gasteiger partial charge in [0.25, 0.3) is 0 Å². The fraction of sp³-hybridized carbons (Fsp3) is 0.696. The summed E-state index contributed by atoms with van der Waals surface area (Å²) in [4.78, 5) is 28.1. The average molecular weight is 422 g/mol. The third-order valence-corrected chi connectivity index (χ3v) is 6.76. The van der Waals surface area contributed by atoms with E-state index >= 15 is 0 Å². The highest BCUT2D eigenvalue weighted by molar-refractivity contribution is 7.99. The molecule has 162 valence electrons. The molecule has 0 amide bonds. The number of carbonyl (C=O) groups is 2. The Bertz CT molecular complexity index is 647. The SMILES string of the molecule is CCCC(=NOCC)C1=C(O)CC(C2CCCSC2)CC1=O.O=C1CC=CCC1. The number of oxime groups is 1. The van der Waals surface area contributed by atoms with Crippen molar-refractivity contribution in [1.29, 1.82) is 0 Å². The molecule has 3 rings (SSSR count). The second-order valence-electron chi connectivity index (χ2n) is 7.85. The van der Waals surface area contributed by atoms with Crippen molar-refractivity contribution in [2.75, 3.05) is 18.1 Å². The number of rotatable bonds is 6. The van der Waals surface area contributed by atoms with Crippen molar-refractivity contribution in [2.45, 2.75) is 71.6 Å². The molecule has 2 unspecified atom stereocenters. The standard InChI is InChI=1S/C17H27NO3S.C6H8O/c1-3-6-14(18-21-4-2)17-15(19)9-13(10-16(17)20)12-7-5-8-22-11-12;7-6-4-2-1-3-5-6/h12-13,19H,3-11H2,1-2H3;1-2H,3-5H2. The number of ketones is 2. The van der Waals surface area contributed by atoms with E-state index in [2.05, 4.69) is 11.2 Å². The number of Topliss-reactive ketones (excluding diaryl/α,β-unsaturated/α-hetero) is 2. The summed E-state index contributed by atoms with van der Waals surface area (Å²) >= 11 is 1.97. The van der Waals surface area contributed by atoms with E-state index in [9.17, 15) is 14.7 Å². The molecule has 5 nitrogen and oxygen atoms in total. The molecule has 1 fully saturated rings. The maximum absolute atomic E-state index is 12.6. The van der Waals surface area contributed by atoms with Gasteiger partial charge < -0.3 is 9.94 Å². The van der Waals surface area contributed by atoms with E-state index in [1.807, 2.05) is 31.7 Å². The Morgan fingerprint density at radius 1 is 1.24 bits per heavy atom. The van der Waals surface area contributed by atoms with Gasteiger partial charge in [-0.1, -0.05) is 30.7 Å². The second kappa shape index (κ2) is 12.9. The van der Waals surface area contributed by atoms with Crippen LogP contribution in [0.25, 0.3) is 0 Å². The summed E-state index contributed by atoms with van der Waals surface area (Å²) in [5, 5.41) is 14.5. The van der Waals surface area contributed by atoms with Crippen LogP contribution >= 0.6 is 11.8 Å². The molecular weight excluding hydrogens is 386 g/mol. The van der Waals surface area contributed by atoms with Crippen molar-refractivity contribution in [2.24, 2.45) is 17.0 Å². The van der Waals surface area contributed by atoms with Gasteiger partial charge in [-0.3, -0.25) is 9.59 Å². The van der Waals surface area contributed by atoms with Crippen LogP contribution in [0.3, 0.4) is 0 Å². The van der Waals surface area contributed by atoms with Crippen molar-refractivity contribution in [3.8, 4) is 0 Å². The van der Waals surface area contributed by atoms with E-state index in [4.69, 9.17) is 4.84 Å². The smallest absolute Gasteiger partial charge is 0.168 e. The third-order valence-electron chi connectivity index (χ3n) is 5.51. The normalized spacial score (nSPS) is 25.5. The summed E-state index contributed by atoms with van der Waals surface area (Å²) in [6, 6.07) is 0. The van der Waals surface area contributed by atoms with Crippen LogP contribution in [-0.4, -0.2) is 40.5 Å². The van der Waals surface area contributed by atoms with Crippen molar-refractivity contribution in [3.05, 3.63) is 23.5 Å². The quantitative estimate of drug-likeness (QED) is 0.352. The summed E-state index contributed by atoms with van der Waals surface area (Å²) in [7, 11) is 0. The van der Waals surface area contributed by atoms with Gasteiger partial charge in [0.15, 0.2) is 5.78 Å². The largest absolute Gasteiger partial charge is 0.511 e. The summed E-state index contributed by atoms with van der Waals surface area (Å²) in [5.41, 5.74) is 1.04. The molecule has 0 radical (unpaired) electrons. The number of aliphatic hydroxyl groups excluding tert-OH is 1. The predicted octanol–water partition coefficient (Wildman–Crippen LogP) is 5.41. The molecule has 6 heteroatoms.